The first kappa shape index (κ1) is 16.5. The molecule has 0 radical (unpaired) electrons. The third-order valence-electron chi connectivity index (χ3n) is 4.68. The summed E-state index contributed by atoms with van der Waals surface area (Å²) in [6.07, 6.45) is 5.31. The predicted octanol–water partition coefficient (Wildman–Crippen LogP) is 5.66. The second-order valence-electron chi connectivity index (χ2n) is 6.42. The van der Waals surface area contributed by atoms with Crippen LogP contribution in [-0.2, 0) is 0 Å². The van der Waals surface area contributed by atoms with Gasteiger partial charge in [-0.3, -0.25) is 0 Å². The van der Waals surface area contributed by atoms with Crippen LogP contribution in [0.15, 0.2) is 78.9 Å². The third kappa shape index (κ3) is 3.93. The van der Waals surface area contributed by atoms with Gasteiger partial charge in [0.2, 0.25) is 0 Å². The van der Waals surface area contributed by atoms with Gasteiger partial charge in [-0.25, -0.2) is 0 Å². The van der Waals surface area contributed by atoms with E-state index in [0.717, 1.165) is 6.42 Å². The number of benzene rings is 3. The first-order valence-electron chi connectivity index (χ1n) is 8.59. The quantitative estimate of drug-likeness (QED) is 0.622. The fraction of sp³-hybridized carbons (Fsp3) is 0.217. The van der Waals surface area contributed by atoms with Gasteiger partial charge < -0.3 is 5.11 Å². The predicted molar refractivity (Wildman–Crippen MR) is 103 cm³/mol. The van der Waals surface area contributed by atoms with Gasteiger partial charge in [0.15, 0.2) is 0 Å². The number of hydrogen-bond donors (Lipinski definition) is 1. The largest absolute Gasteiger partial charge is 0.396 e. The highest BCUT2D eigenvalue weighted by molar-refractivity contribution is 5.83. The van der Waals surface area contributed by atoms with Gasteiger partial charge in [0.05, 0.1) is 0 Å². The van der Waals surface area contributed by atoms with Gasteiger partial charge in [0.25, 0.3) is 0 Å². The van der Waals surface area contributed by atoms with Crippen LogP contribution in [0.5, 0.6) is 0 Å². The average Bonchev–Trinajstić information content (AvgIpc) is 2.65. The van der Waals surface area contributed by atoms with Crippen LogP contribution < -0.4 is 0 Å². The summed E-state index contributed by atoms with van der Waals surface area (Å²) in [6, 6.07) is 25.4. The highest BCUT2D eigenvalue weighted by Gasteiger charge is 2.17. The van der Waals surface area contributed by atoms with E-state index in [2.05, 4.69) is 85.8 Å². The van der Waals surface area contributed by atoms with Gasteiger partial charge in [-0.15, -0.1) is 0 Å². The van der Waals surface area contributed by atoms with Crippen LogP contribution in [0.1, 0.15) is 30.4 Å². The maximum Gasteiger partial charge on any atom is 0.0462 e. The molecule has 0 spiro atoms. The van der Waals surface area contributed by atoms with Crippen molar-refractivity contribution in [3.63, 3.8) is 0 Å². The zero-order valence-corrected chi connectivity index (χ0v) is 14.1. The fourth-order valence-corrected chi connectivity index (χ4v) is 3.18. The minimum absolute atomic E-state index is 0.205. The highest BCUT2D eigenvalue weighted by Crippen LogP contribution is 2.31. The zero-order chi connectivity index (χ0) is 16.8. The summed E-state index contributed by atoms with van der Waals surface area (Å²) in [7, 11) is 0. The molecular weight excluding hydrogens is 292 g/mol. The van der Waals surface area contributed by atoms with Crippen molar-refractivity contribution in [2.45, 2.75) is 19.3 Å². The van der Waals surface area contributed by atoms with E-state index in [1.807, 2.05) is 6.07 Å². The first-order valence-corrected chi connectivity index (χ1v) is 8.59. The molecule has 3 aromatic rings. The molecule has 0 saturated carbocycles. The molecule has 2 atom stereocenters. The van der Waals surface area contributed by atoms with Crippen LogP contribution in [0.2, 0.25) is 0 Å². The summed E-state index contributed by atoms with van der Waals surface area (Å²) in [4.78, 5) is 0. The number of fused-ring (bicyclic) bond motifs is 1. The van der Waals surface area contributed by atoms with Crippen LogP contribution >= 0.6 is 0 Å². The van der Waals surface area contributed by atoms with Crippen LogP contribution in [0.25, 0.3) is 16.8 Å². The van der Waals surface area contributed by atoms with Gasteiger partial charge in [-0.05, 0) is 40.2 Å². The van der Waals surface area contributed by atoms with E-state index in [-0.39, 0.29) is 12.5 Å². The van der Waals surface area contributed by atoms with Crippen molar-refractivity contribution in [1.82, 2.24) is 0 Å². The second kappa shape index (κ2) is 7.94. The number of hydrogen-bond acceptors (Lipinski definition) is 1. The molecule has 0 fully saturated rings. The normalized spacial score (nSPS) is 14.1. The van der Waals surface area contributed by atoms with E-state index in [0.29, 0.717) is 5.92 Å². The molecule has 0 bridgehead atoms. The molecule has 1 nitrogen and oxygen atoms in total. The SMILES string of the molecule is C[C@@H](CO)C(C/C=C/c1ccccc1)c1ccc2ccccc2c1. The molecule has 0 aromatic heterocycles. The molecule has 1 heteroatoms. The molecule has 0 heterocycles. The minimum atomic E-state index is 0.205. The van der Waals surface area contributed by atoms with Crippen molar-refractivity contribution in [2.75, 3.05) is 6.61 Å². The smallest absolute Gasteiger partial charge is 0.0462 e. The second-order valence-corrected chi connectivity index (χ2v) is 6.42. The van der Waals surface area contributed by atoms with E-state index in [1.165, 1.54) is 21.9 Å². The summed E-state index contributed by atoms with van der Waals surface area (Å²) in [5, 5.41) is 12.2. The Morgan fingerprint density at radius 2 is 1.58 bits per heavy atom. The van der Waals surface area contributed by atoms with E-state index in [1.54, 1.807) is 0 Å². The Morgan fingerprint density at radius 1 is 0.875 bits per heavy atom. The molecule has 3 aromatic carbocycles. The van der Waals surface area contributed by atoms with Crippen LogP contribution in [0.4, 0.5) is 0 Å². The summed E-state index contributed by atoms with van der Waals surface area (Å²) in [5.74, 6) is 0.547. The molecule has 122 valence electrons. The van der Waals surface area contributed by atoms with E-state index in [4.69, 9.17) is 0 Å². The zero-order valence-electron chi connectivity index (χ0n) is 14.1. The van der Waals surface area contributed by atoms with Gasteiger partial charge in [-0.1, -0.05) is 91.9 Å². The molecule has 24 heavy (non-hydrogen) atoms. The summed E-state index contributed by atoms with van der Waals surface area (Å²) in [6.45, 7) is 2.33. The van der Waals surface area contributed by atoms with Gasteiger partial charge >= 0.3 is 0 Å². The van der Waals surface area contributed by atoms with Gasteiger partial charge in [-0.2, -0.15) is 0 Å². The van der Waals surface area contributed by atoms with Crippen molar-refractivity contribution in [3.8, 4) is 0 Å². The van der Waals surface area contributed by atoms with Gasteiger partial charge in [0.1, 0.15) is 0 Å². The third-order valence-corrected chi connectivity index (χ3v) is 4.68. The first-order chi connectivity index (χ1) is 11.8. The van der Waals surface area contributed by atoms with Crippen molar-refractivity contribution in [2.24, 2.45) is 5.92 Å². The number of rotatable bonds is 6. The summed E-state index contributed by atoms with van der Waals surface area (Å²) < 4.78 is 0. The molecular formula is C23H24O. The molecule has 3 rings (SSSR count). The monoisotopic (exact) mass is 316 g/mol. The Bertz CT molecular complexity index is 804. The minimum Gasteiger partial charge on any atom is -0.396 e. The maximum absolute atomic E-state index is 9.67. The van der Waals surface area contributed by atoms with Crippen LogP contribution in [0.3, 0.4) is 0 Å². The van der Waals surface area contributed by atoms with E-state index >= 15 is 0 Å². The fourth-order valence-electron chi connectivity index (χ4n) is 3.18. The highest BCUT2D eigenvalue weighted by atomic mass is 16.3. The van der Waals surface area contributed by atoms with Crippen molar-refractivity contribution in [1.29, 1.82) is 0 Å². The maximum atomic E-state index is 9.67. The number of aliphatic hydroxyl groups excluding tert-OH is 1. The van der Waals surface area contributed by atoms with Crippen LogP contribution in [-0.4, -0.2) is 11.7 Å². The molecule has 0 aliphatic carbocycles. The van der Waals surface area contributed by atoms with Crippen LogP contribution in [0, 0.1) is 5.92 Å². The molecule has 1 unspecified atom stereocenters. The topological polar surface area (TPSA) is 20.2 Å². The standard InChI is InChI=1S/C23H24O/c1-18(17-24)23(13-7-10-19-8-3-2-4-9-19)22-15-14-20-11-5-6-12-21(20)16-22/h2-12,14-16,18,23-24H,13,17H2,1H3/b10-7+/t18-,23?/m0/s1. The molecule has 0 amide bonds. The Kier molecular flexibility index (Phi) is 5.45. The molecule has 0 aliphatic heterocycles. The molecule has 1 N–H and O–H groups in total. The average molecular weight is 316 g/mol. The lowest BCUT2D eigenvalue weighted by molar-refractivity contribution is 0.216. The Balaban J connectivity index is 1.83. The van der Waals surface area contributed by atoms with Gasteiger partial charge in [0, 0.05) is 6.61 Å². The lowest BCUT2D eigenvalue weighted by Crippen LogP contribution is -2.13. The lowest BCUT2D eigenvalue weighted by Gasteiger charge is -2.22. The molecule has 0 saturated heterocycles. The van der Waals surface area contributed by atoms with Crippen molar-refractivity contribution < 1.29 is 5.11 Å². The Morgan fingerprint density at radius 3 is 2.33 bits per heavy atom. The number of allylic oxidation sites excluding steroid dienone is 1. The Hall–Kier alpha value is -2.38. The summed E-state index contributed by atoms with van der Waals surface area (Å²) >= 11 is 0. The Labute approximate surface area is 144 Å². The van der Waals surface area contributed by atoms with Crippen molar-refractivity contribution in [3.05, 3.63) is 90.0 Å². The van der Waals surface area contributed by atoms with Crippen molar-refractivity contribution >= 4 is 16.8 Å². The number of aliphatic hydroxyl groups is 1. The van der Waals surface area contributed by atoms with E-state index in [9.17, 15) is 5.11 Å². The van der Waals surface area contributed by atoms with E-state index < -0.39 is 0 Å². The summed E-state index contributed by atoms with van der Waals surface area (Å²) in [5.41, 5.74) is 2.51. The lowest BCUT2D eigenvalue weighted by atomic mass is 9.84. The molecule has 0 aliphatic rings.